The number of aryl methyl sites for hydroxylation is 1. The first kappa shape index (κ1) is 19.9. The van der Waals surface area contributed by atoms with Gasteiger partial charge in [-0.2, -0.15) is 0 Å². The van der Waals surface area contributed by atoms with E-state index in [2.05, 4.69) is 22.4 Å². The topological polar surface area (TPSA) is 62.3 Å². The van der Waals surface area contributed by atoms with Gasteiger partial charge in [0.05, 0.1) is 5.56 Å². The van der Waals surface area contributed by atoms with Gasteiger partial charge in [0.1, 0.15) is 6.04 Å². The lowest BCUT2D eigenvalue weighted by atomic mass is 9.94. The quantitative estimate of drug-likeness (QED) is 0.682. The Morgan fingerprint density at radius 3 is 2.77 bits per heavy atom. The van der Waals surface area contributed by atoms with Crippen molar-refractivity contribution < 1.29 is 9.59 Å². The monoisotopic (exact) mass is 431 g/mol. The Labute approximate surface area is 186 Å². The summed E-state index contributed by atoms with van der Waals surface area (Å²) in [6.45, 7) is 1.06. The molecule has 5 rings (SSSR count). The maximum Gasteiger partial charge on any atom is 0.255 e. The number of hydrogen-bond acceptors (Lipinski definition) is 4. The van der Waals surface area contributed by atoms with Crippen molar-refractivity contribution in [2.45, 2.75) is 38.1 Å². The van der Waals surface area contributed by atoms with E-state index in [0.717, 1.165) is 41.5 Å². The highest BCUT2D eigenvalue weighted by molar-refractivity contribution is 7.10. The Morgan fingerprint density at radius 1 is 1.13 bits per heavy atom. The Hall–Kier alpha value is -2.99. The van der Waals surface area contributed by atoms with Crippen LogP contribution in [0.5, 0.6) is 0 Å². The second kappa shape index (κ2) is 8.63. The van der Waals surface area contributed by atoms with E-state index in [4.69, 9.17) is 0 Å². The minimum Gasteiger partial charge on any atom is -0.353 e. The third kappa shape index (κ3) is 4.00. The molecule has 1 aliphatic heterocycles. The van der Waals surface area contributed by atoms with Gasteiger partial charge in [0.25, 0.3) is 5.91 Å². The smallest absolute Gasteiger partial charge is 0.255 e. The Bertz CT molecular complexity index is 1090. The number of piperazine rings is 1. The van der Waals surface area contributed by atoms with Crippen molar-refractivity contribution in [1.82, 2.24) is 15.2 Å². The summed E-state index contributed by atoms with van der Waals surface area (Å²) in [5, 5.41) is 4.95. The summed E-state index contributed by atoms with van der Waals surface area (Å²) in [4.78, 5) is 33.5. The summed E-state index contributed by atoms with van der Waals surface area (Å²) in [6.07, 6.45) is 8.49. The van der Waals surface area contributed by atoms with E-state index in [0.29, 0.717) is 19.5 Å². The van der Waals surface area contributed by atoms with Crippen molar-refractivity contribution in [3.8, 4) is 11.1 Å². The number of carbonyl (C=O) groups is 2. The molecule has 31 heavy (non-hydrogen) atoms. The van der Waals surface area contributed by atoms with E-state index in [1.165, 1.54) is 16.9 Å². The lowest BCUT2D eigenvalue weighted by Crippen LogP contribution is -2.58. The van der Waals surface area contributed by atoms with Crippen LogP contribution in [0.2, 0.25) is 0 Å². The van der Waals surface area contributed by atoms with Gasteiger partial charge in [0, 0.05) is 42.2 Å². The summed E-state index contributed by atoms with van der Waals surface area (Å²) < 4.78 is 0. The molecule has 1 saturated heterocycles. The molecule has 0 spiro atoms. The number of rotatable bonds is 4. The van der Waals surface area contributed by atoms with Gasteiger partial charge in [-0.3, -0.25) is 14.6 Å². The van der Waals surface area contributed by atoms with Crippen LogP contribution in [-0.2, 0) is 24.1 Å². The van der Waals surface area contributed by atoms with Gasteiger partial charge in [-0.15, -0.1) is 11.3 Å². The predicted octanol–water partition coefficient (Wildman–Crippen LogP) is 3.87. The largest absolute Gasteiger partial charge is 0.353 e. The fraction of sp³-hybridized carbons (Fsp3) is 0.320. The molecule has 1 fully saturated rings. The van der Waals surface area contributed by atoms with Crippen molar-refractivity contribution in [2.24, 2.45) is 0 Å². The van der Waals surface area contributed by atoms with Crippen LogP contribution in [0.25, 0.3) is 11.1 Å². The van der Waals surface area contributed by atoms with Crippen LogP contribution in [-0.4, -0.2) is 40.8 Å². The third-order valence-corrected chi connectivity index (χ3v) is 7.35. The standard InChI is InChI=1S/C25H25N3O2S/c29-24-22(14-17-7-9-18(10-8-17)19-4-3-11-26-15-19)28(13-12-27-24)25(30)21-16-31-23-6-2-1-5-20(21)23/h3-4,7-11,15-16,22H,1-2,5-6,12-14H2,(H,27,29). The normalized spacial score (nSPS) is 18.4. The molecule has 6 heteroatoms. The first-order valence-electron chi connectivity index (χ1n) is 10.9. The van der Waals surface area contributed by atoms with E-state index in [9.17, 15) is 9.59 Å². The van der Waals surface area contributed by atoms with Gasteiger partial charge in [0.15, 0.2) is 0 Å². The van der Waals surface area contributed by atoms with Gasteiger partial charge in [-0.1, -0.05) is 30.3 Å². The molecule has 2 aliphatic rings. The number of hydrogen-bond donors (Lipinski definition) is 1. The maximum atomic E-state index is 13.5. The summed E-state index contributed by atoms with van der Waals surface area (Å²) in [5.41, 5.74) is 5.21. The fourth-order valence-corrected chi connectivity index (χ4v) is 5.70. The first-order valence-corrected chi connectivity index (χ1v) is 11.8. The molecule has 0 bridgehead atoms. The first-order chi connectivity index (χ1) is 15.2. The number of aromatic nitrogens is 1. The highest BCUT2D eigenvalue weighted by Crippen LogP contribution is 2.31. The zero-order valence-corrected chi connectivity index (χ0v) is 18.2. The van der Waals surface area contributed by atoms with Crippen LogP contribution >= 0.6 is 11.3 Å². The second-order valence-corrected chi connectivity index (χ2v) is 9.17. The molecule has 2 aromatic heterocycles. The van der Waals surface area contributed by atoms with Gasteiger partial charge in [-0.05, 0) is 54.0 Å². The molecule has 1 unspecified atom stereocenters. The van der Waals surface area contributed by atoms with Gasteiger partial charge in [0.2, 0.25) is 5.91 Å². The molecule has 0 saturated carbocycles. The van der Waals surface area contributed by atoms with Crippen LogP contribution in [0.4, 0.5) is 0 Å². The van der Waals surface area contributed by atoms with E-state index < -0.39 is 6.04 Å². The van der Waals surface area contributed by atoms with E-state index in [1.54, 1.807) is 22.4 Å². The number of nitrogens with one attached hydrogen (secondary N) is 1. The maximum absolute atomic E-state index is 13.5. The van der Waals surface area contributed by atoms with Crippen LogP contribution < -0.4 is 5.32 Å². The van der Waals surface area contributed by atoms with Gasteiger partial charge in [-0.25, -0.2) is 0 Å². The molecule has 1 aliphatic carbocycles. The number of thiophene rings is 1. The lowest BCUT2D eigenvalue weighted by molar-refractivity contribution is -0.127. The zero-order chi connectivity index (χ0) is 21.2. The number of fused-ring (bicyclic) bond motifs is 1. The third-order valence-electron chi connectivity index (χ3n) is 6.26. The number of pyridine rings is 1. The highest BCUT2D eigenvalue weighted by Gasteiger charge is 2.35. The van der Waals surface area contributed by atoms with Crippen LogP contribution in [0.15, 0.2) is 54.2 Å². The van der Waals surface area contributed by atoms with Crippen molar-refractivity contribution >= 4 is 23.2 Å². The van der Waals surface area contributed by atoms with Gasteiger partial charge < -0.3 is 10.2 Å². The molecule has 3 heterocycles. The number of carbonyl (C=O) groups excluding carboxylic acids is 2. The summed E-state index contributed by atoms with van der Waals surface area (Å²) >= 11 is 1.70. The molecular weight excluding hydrogens is 406 g/mol. The summed E-state index contributed by atoms with van der Waals surface area (Å²) in [6, 6.07) is 11.6. The van der Waals surface area contributed by atoms with Crippen molar-refractivity contribution in [1.29, 1.82) is 0 Å². The van der Waals surface area contributed by atoms with E-state index >= 15 is 0 Å². The minimum atomic E-state index is -0.482. The SMILES string of the molecule is O=C1NCCN(C(=O)c2csc3c2CCCC3)C1Cc1ccc(-c2cccnc2)cc1. The Kier molecular flexibility index (Phi) is 5.55. The molecule has 5 nitrogen and oxygen atoms in total. The van der Waals surface area contributed by atoms with Crippen molar-refractivity contribution in [2.75, 3.05) is 13.1 Å². The fourth-order valence-electron chi connectivity index (χ4n) is 4.58. The highest BCUT2D eigenvalue weighted by atomic mass is 32.1. The summed E-state index contributed by atoms with van der Waals surface area (Å²) in [5.74, 6) is -0.0636. The molecule has 2 amide bonds. The van der Waals surface area contributed by atoms with Gasteiger partial charge >= 0.3 is 0 Å². The van der Waals surface area contributed by atoms with E-state index in [1.807, 2.05) is 35.8 Å². The van der Waals surface area contributed by atoms with E-state index in [-0.39, 0.29) is 11.8 Å². The van der Waals surface area contributed by atoms with Crippen LogP contribution in [0, 0.1) is 0 Å². The molecule has 158 valence electrons. The second-order valence-electron chi connectivity index (χ2n) is 8.21. The Morgan fingerprint density at radius 2 is 1.97 bits per heavy atom. The molecule has 1 aromatic carbocycles. The van der Waals surface area contributed by atoms with Crippen molar-refractivity contribution in [3.05, 3.63) is 75.7 Å². The zero-order valence-electron chi connectivity index (χ0n) is 17.3. The number of nitrogens with zero attached hydrogens (tertiary/aromatic N) is 2. The van der Waals surface area contributed by atoms with Crippen LogP contribution in [0.3, 0.4) is 0 Å². The number of amides is 2. The number of benzene rings is 1. The Balaban J connectivity index is 1.37. The molecule has 0 radical (unpaired) electrons. The molecular formula is C25H25N3O2S. The van der Waals surface area contributed by atoms with Crippen LogP contribution in [0.1, 0.15) is 39.2 Å². The molecule has 3 aromatic rings. The average Bonchev–Trinajstić information content (AvgIpc) is 3.25. The molecule has 1 N–H and O–H groups in total. The average molecular weight is 432 g/mol. The lowest BCUT2D eigenvalue weighted by Gasteiger charge is -2.35. The minimum absolute atomic E-state index is 0.00577. The summed E-state index contributed by atoms with van der Waals surface area (Å²) in [7, 11) is 0. The predicted molar refractivity (Wildman–Crippen MR) is 122 cm³/mol. The van der Waals surface area contributed by atoms with Crippen molar-refractivity contribution in [3.63, 3.8) is 0 Å². The molecule has 1 atom stereocenters.